The van der Waals surface area contributed by atoms with Gasteiger partial charge in [-0.3, -0.25) is 0 Å². The van der Waals surface area contributed by atoms with Crippen LogP contribution in [0.25, 0.3) is 0 Å². The van der Waals surface area contributed by atoms with Crippen LogP contribution < -0.4 is 4.90 Å². The van der Waals surface area contributed by atoms with Crippen LogP contribution >= 0.6 is 34.5 Å². The average Bonchev–Trinajstić information content (AvgIpc) is 3.21. The number of aromatic nitrogens is 1. The molecule has 4 nitrogen and oxygen atoms in total. The number of piperidine rings is 1. The Kier molecular flexibility index (Phi) is 7.11. The Bertz CT molecular complexity index is 1200. The fourth-order valence-corrected chi connectivity index (χ4v) is 7.32. The van der Waals surface area contributed by atoms with Gasteiger partial charge in [-0.25, -0.2) is 13.4 Å². The van der Waals surface area contributed by atoms with E-state index in [0.29, 0.717) is 47.3 Å². The molecule has 0 saturated carbocycles. The molecule has 176 valence electrons. The zero-order valence-electron chi connectivity index (χ0n) is 19.0. The molecule has 0 spiro atoms. The maximum atomic E-state index is 13.2. The molecule has 0 atom stereocenters. The van der Waals surface area contributed by atoms with Gasteiger partial charge in [-0.1, -0.05) is 56.1 Å². The van der Waals surface area contributed by atoms with E-state index in [2.05, 4.69) is 25.7 Å². The molecule has 1 aliphatic heterocycles. The van der Waals surface area contributed by atoms with Crippen LogP contribution in [0, 0.1) is 0 Å². The molecular weight excluding hydrogens is 495 g/mol. The second-order valence-electron chi connectivity index (χ2n) is 9.58. The highest BCUT2D eigenvalue weighted by Crippen LogP contribution is 2.31. The lowest BCUT2D eigenvalue weighted by Crippen LogP contribution is -2.39. The van der Waals surface area contributed by atoms with Crippen molar-refractivity contribution in [2.75, 3.05) is 18.0 Å². The summed E-state index contributed by atoms with van der Waals surface area (Å²) in [7, 11) is -3.34. The van der Waals surface area contributed by atoms with Crippen molar-refractivity contribution < 1.29 is 8.42 Å². The van der Waals surface area contributed by atoms with E-state index in [0.717, 1.165) is 22.0 Å². The molecule has 2 aromatic carbocycles. The maximum absolute atomic E-state index is 13.2. The Morgan fingerprint density at radius 3 is 2.21 bits per heavy atom. The van der Waals surface area contributed by atoms with Crippen LogP contribution in [-0.4, -0.2) is 31.7 Å². The Labute approximate surface area is 210 Å². The first-order valence-corrected chi connectivity index (χ1v) is 14.2. The number of hydrogen-bond acceptors (Lipinski definition) is 5. The molecule has 0 radical (unpaired) electrons. The largest absolute Gasteiger partial charge is 0.348 e. The fraction of sp³-hybridized carbons (Fsp3) is 0.400. The molecule has 0 N–H and O–H groups in total. The van der Waals surface area contributed by atoms with Gasteiger partial charge in [0.2, 0.25) is 0 Å². The molecule has 0 unspecified atom stereocenters. The van der Waals surface area contributed by atoms with E-state index in [1.165, 1.54) is 0 Å². The smallest absolute Gasteiger partial charge is 0.185 e. The summed E-state index contributed by atoms with van der Waals surface area (Å²) in [5.74, 6) is 0. The molecule has 1 saturated heterocycles. The lowest BCUT2D eigenvalue weighted by molar-refractivity contribution is 0.529. The molecule has 4 rings (SSSR count). The van der Waals surface area contributed by atoms with Crippen LogP contribution in [0.1, 0.15) is 50.4 Å². The number of anilines is 1. The van der Waals surface area contributed by atoms with E-state index >= 15 is 0 Å². The van der Waals surface area contributed by atoms with E-state index in [-0.39, 0.29) is 10.7 Å². The Balaban J connectivity index is 1.39. The fourth-order valence-electron chi connectivity index (χ4n) is 4.14. The van der Waals surface area contributed by atoms with Gasteiger partial charge in [0.25, 0.3) is 0 Å². The van der Waals surface area contributed by atoms with Gasteiger partial charge < -0.3 is 4.90 Å². The van der Waals surface area contributed by atoms with Crippen molar-refractivity contribution in [3.8, 4) is 0 Å². The predicted molar refractivity (Wildman–Crippen MR) is 139 cm³/mol. The third-order valence-corrected chi connectivity index (χ3v) is 9.71. The van der Waals surface area contributed by atoms with Crippen molar-refractivity contribution in [2.24, 2.45) is 0 Å². The quantitative estimate of drug-likeness (QED) is 0.370. The summed E-state index contributed by atoms with van der Waals surface area (Å²) in [6, 6.07) is 12.9. The van der Waals surface area contributed by atoms with Gasteiger partial charge in [0, 0.05) is 34.9 Å². The van der Waals surface area contributed by atoms with Gasteiger partial charge in [-0.2, -0.15) is 0 Å². The van der Waals surface area contributed by atoms with Crippen LogP contribution in [0.5, 0.6) is 0 Å². The lowest BCUT2D eigenvalue weighted by Gasteiger charge is -2.31. The third kappa shape index (κ3) is 5.73. The minimum Gasteiger partial charge on any atom is -0.348 e. The second-order valence-corrected chi connectivity index (χ2v) is 13.5. The first-order valence-electron chi connectivity index (χ1n) is 11.0. The third-order valence-electron chi connectivity index (χ3n) is 6.05. The first kappa shape index (κ1) is 24.5. The number of halogens is 2. The van der Waals surface area contributed by atoms with E-state index < -0.39 is 9.84 Å². The van der Waals surface area contributed by atoms with Crippen molar-refractivity contribution >= 4 is 49.5 Å². The van der Waals surface area contributed by atoms with Crippen molar-refractivity contribution in [3.05, 3.63) is 74.7 Å². The molecule has 8 heteroatoms. The zero-order valence-corrected chi connectivity index (χ0v) is 22.2. The van der Waals surface area contributed by atoms with E-state index in [1.54, 1.807) is 29.5 Å². The maximum Gasteiger partial charge on any atom is 0.185 e. The van der Waals surface area contributed by atoms with Gasteiger partial charge >= 0.3 is 0 Å². The number of hydrogen-bond donors (Lipinski definition) is 0. The molecular formula is C25H28Cl2N2O2S2. The summed E-state index contributed by atoms with van der Waals surface area (Å²) in [5, 5.41) is 3.85. The monoisotopic (exact) mass is 522 g/mol. The zero-order chi connectivity index (χ0) is 23.8. The van der Waals surface area contributed by atoms with Crippen molar-refractivity contribution in [3.63, 3.8) is 0 Å². The highest BCUT2D eigenvalue weighted by atomic mass is 35.5. The standard InChI is InChI=1S/C25H28Cl2N2O2S2/c1-25(2,3)18-4-6-22(7-5-18)33(30,31)23-8-10-29(11-9-23)24-28-21(16-32-24)14-17-12-19(26)15-20(27)13-17/h4-7,12-13,15-16,23H,8-11,14H2,1-3H3. The summed E-state index contributed by atoms with van der Waals surface area (Å²) < 4.78 is 26.4. The highest BCUT2D eigenvalue weighted by Gasteiger charge is 2.32. The molecule has 33 heavy (non-hydrogen) atoms. The molecule has 1 fully saturated rings. The van der Waals surface area contributed by atoms with E-state index in [4.69, 9.17) is 28.2 Å². The molecule has 3 aromatic rings. The minimum atomic E-state index is -3.34. The van der Waals surface area contributed by atoms with Gasteiger partial charge in [-0.05, 0) is 59.7 Å². The summed E-state index contributed by atoms with van der Waals surface area (Å²) in [5.41, 5.74) is 3.11. The molecule has 1 aliphatic rings. The van der Waals surface area contributed by atoms with Crippen molar-refractivity contribution in [1.29, 1.82) is 0 Å². The second kappa shape index (κ2) is 9.57. The summed E-state index contributed by atoms with van der Waals surface area (Å²) in [6.07, 6.45) is 1.86. The molecule has 1 aromatic heterocycles. The summed E-state index contributed by atoms with van der Waals surface area (Å²) >= 11 is 13.8. The number of thiazole rings is 1. The molecule has 0 amide bonds. The van der Waals surface area contributed by atoms with Crippen LogP contribution in [0.15, 0.2) is 52.7 Å². The first-order chi connectivity index (χ1) is 15.5. The minimum absolute atomic E-state index is 0.000767. The van der Waals surface area contributed by atoms with Crippen LogP contribution in [0.2, 0.25) is 10.0 Å². The van der Waals surface area contributed by atoms with Crippen LogP contribution in [0.4, 0.5) is 5.13 Å². The van der Waals surface area contributed by atoms with E-state index in [9.17, 15) is 8.42 Å². The highest BCUT2D eigenvalue weighted by molar-refractivity contribution is 7.92. The van der Waals surface area contributed by atoms with Gasteiger partial charge in [0.05, 0.1) is 15.8 Å². The molecule has 0 aliphatic carbocycles. The molecule has 2 heterocycles. The topological polar surface area (TPSA) is 50.3 Å². The van der Waals surface area contributed by atoms with Crippen molar-refractivity contribution in [2.45, 2.75) is 55.6 Å². The molecule has 0 bridgehead atoms. The number of rotatable bonds is 5. The van der Waals surface area contributed by atoms with Crippen molar-refractivity contribution in [1.82, 2.24) is 4.98 Å². The SMILES string of the molecule is CC(C)(C)c1ccc(S(=O)(=O)C2CCN(c3nc(Cc4cc(Cl)cc(Cl)c4)cs3)CC2)cc1. The van der Waals surface area contributed by atoms with Crippen LogP contribution in [0.3, 0.4) is 0 Å². The Hall–Kier alpha value is -1.60. The average molecular weight is 524 g/mol. The summed E-state index contributed by atoms with van der Waals surface area (Å²) in [4.78, 5) is 7.39. The van der Waals surface area contributed by atoms with Crippen LogP contribution in [-0.2, 0) is 21.7 Å². The summed E-state index contributed by atoms with van der Waals surface area (Å²) in [6.45, 7) is 7.74. The predicted octanol–water partition coefficient (Wildman–Crippen LogP) is 6.78. The Morgan fingerprint density at radius 1 is 1.03 bits per heavy atom. The lowest BCUT2D eigenvalue weighted by atomic mass is 9.87. The number of sulfone groups is 1. The Morgan fingerprint density at radius 2 is 1.64 bits per heavy atom. The normalized spacial score (nSPS) is 15.7. The number of nitrogens with zero attached hydrogens (tertiary/aromatic N) is 2. The van der Waals surface area contributed by atoms with E-state index in [1.807, 2.05) is 29.6 Å². The van der Waals surface area contributed by atoms with Gasteiger partial charge in [0.15, 0.2) is 15.0 Å². The number of benzene rings is 2. The van der Waals surface area contributed by atoms with Gasteiger partial charge in [-0.15, -0.1) is 11.3 Å². The van der Waals surface area contributed by atoms with Gasteiger partial charge in [0.1, 0.15) is 0 Å².